The lowest BCUT2D eigenvalue weighted by molar-refractivity contribution is -0.125. The summed E-state index contributed by atoms with van der Waals surface area (Å²) in [6.07, 6.45) is 1.10. The first-order valence-corrected chi connectivity index (χ1v) is 7.47. The van der Waals surface area contributed by atoms with Crippen LogP contribution in [0.25, 0.3) is 0 Å². The van der Waals surface area contributed by atoms with Crippen molar-refractivity contribution in [3.05, 3.63) is 0 Å². The monoisotopic (exact) mass is 341 g/mol. The Kier molecular flexibility index (Phi) is 10.6. The fourth-order valence-electron chi connectivity index (χ4n) is 2.82. The number of morpholine rings is 1. The SMILES string of the molecule is CC(C)CN1CCOC(CNC(=O)C2CCNC2)C1.Cl.Cl. The van der Waals surface area contributed by atoms with Gasteiger partial charge in [0.05, 0.1) is 18.6 Å². The minimum absolute atomic E-state index is 0. The molecule has 0 aliphatic carbocycles. The van der Waals surface area contributed by atoms with Gasteiger partial charge in [-0.2, -0.15) is 0 Å². The predicted octanol–water partition coefficient (Wildman–Crippen LogP) is 0.912. The predicted molar refractivity (Wildman–Crippen MR) is 89.5 cm³/mol. The molecule has 2 unspecified atom stereocenters. The van der Waals surface area contributed by atoms with Crippen LogP contribution in [0.1, 0.15) is 20.3 Å². The van der Waals surface area contributed by atoms with Gasteiger partial charge in [0.1, 0.15) is 0 Å². The average molecular weight is 342 g/mol. The Bertz CT molecular complexity index is 300. The van der Waals surface area contributed by atoms with Gasteiger partial charge in [0.15, 0.2) is 0 Å². The van der Waals surface area contributed by atoms with Crippen molar-refractivity contribution in [3.63, 3.8) is 0 Å². The van der Waals surface area contributed by atoms with Gasteiger partial charge in [0, 0.05) is 32.7 Å². The van der Waals surface area contributed by atoms with E-state index < -0.39 is 0 Å². The lowest BCUT2D eigenvalue weighted by atomic mass is 10.1. The standard InChI is InChI=1S/C14H27N3O2.2ClH/c1-11(2)9-17-5-6-19-13(10-17)8-16-14(18)12-3-4-15-7-12;;/h11-13,15H,3-10H2,1-2H3,(H,16,18);2*1H. The number of nitrogens with zero attached hydrogens (tertiary/aromatic N) is 1. The number of amides is 1. The van der Waals surface area contributed by atoms with E-state index in [1.54, 1.807) is 0 Å². The smallest absolute Gasteiger partial charge is 0.224 e. The number of rotatable bonds is 5. The van der Waals surface area contributed by atoms with E-state index in [9.17, 15) is 4.79 Å². The van der Waals surface area contributed by atoms with Crippen LogP contribution in [0.4, 0.5) is 0 Å². The molecular weight excluding hydrogens is 313 g/mol. The van der Waals surface area contributed by atoms with Crippen molar-refractivity contribution < 1.29 is 9.53 Å². The Hall–Kier alpha value is -0.0700. The van der Waals surface area contributed by atoms with E-state index in [2.05, 4.69) is 29.4 Å². The zero-order chi connectivity index (χ0) is 13.7. The van der Waals surface area contributed by atoms with Crippen molar-refractivity contribution in [3.8, 4) is 0 Å². The van der Waals surface area contributed by atoms with Gasteiger partial charge < -0.3 is 15.4 Å². The molecule has 2 saturated heterocycles. The van der Waals surface area contributed by atoms with Crippen LogP contribution in [0.5, 0.6) is 0 Å². The fourth-order valence-corrected chi connectivity index (χ4v) is 2.82. The van der Waals surface area contributed by atoms with E-state index >= 15 is 0 Å². The van der Waals surface area contributed by atoms with Crippen LogP contribution < -0.4 is 10.6 Å². The van der Waals surface area contributed by atoms with Crippen LogP contribution in [-0.4, -0.2) is 62.8 Å². The lowest BCUT2D eigenvalue weighted by Gasteiger charge is -2.34. The van der Waals surface area contributed by atoms with Crippen LogP contribution in [0, 0.1) is 11.8 Å². The maximum Gasteiger partial charge on any atom is 0.224 e. The summed E-state index contributed by atoms with van der Waals surface area (Å²) in [6.45, 7) is 10.7. The maximum absolute atomic E-state index is 11.9. The van der Waals surface area contributed by atoms with Crippen molar-refractivity contribution in [2.24, 2.45) is 11.8 Å². The Labute approximate surface area is 140 Å². The number of carbonyl (C=O) groups excluding carboxylic acids is 1. The van der Waals surface area contributed by atoms with Crippen LogP contribution in [0.3, 0.4) is 0 Å². The van der Waals surface area contributed by atoms with Crippen molar-refractivity contribution in [1.82, 2.24) is 15.5 Å². The molecule has 2 N–H and O–H groups in total. The molecule has 0 saturated carbocycles. The summed E-state index contributed by atoms with van der Waals surface area (Å²) in [5.41, 5.74) is 0. The number of ether oxygens (including phenoxy) is 1. The normalized spacial score (nSPS) is 26.0. The van der Waals surface area contributed by atoms with E-state index in [-0.39, 0.29) is 42.7 Å². The van der Waals surface area contributed by atoms with Gasteiger partial charge >= 0.3 is 0 Å². The van der Waals surface area contributed by atoms with Gasteiger partial charge in [-0.3, -0.25) is 9.69 Å². The molecule has 0 aromatic rings. The third-order valence-corrected chi connectivity index (χ3v) is 3.78. The van der Waals surface area contributed by atoms with E-state index in [1.807, 2.05) is 0 Å². The number of hydrogen-bond donors (Lipinski definition) is 2. The van der Waals surface area contributed by atoms with Crippen LogP contribution in [0.2, 0.25) is 0 Å². The Morgan fingerprint density at radius 1 is 1.43 bits per heavy atom. The summed E-state index contributed by atoms with van der Waals surface area (Å²) in [6, 6.07) is 0. The summed E-state index contributed by atoms with van der Waals surface area (Å²) in [7, 11) is 0. The largest absolute Gasteiger partial charge is 0.374 e. The number of nitrogens with one attached hydrogen (secondary N) is 2. The van der Waals surface area contributed by atoms with Gasteiger partial charge in [-0.05, 0) is 18.9 Å². The quantitative estimate of drug-likeness (QED) is 0.780. The minimum Gasteiger partial charge on any atom is -0.374 e. The molecule has 2 rings (SSSR count). The molecule has 0 aromatic heterocycles. The number of carbonyl (C=O) groups is 1. The molecule has 5 nitrogen and oxygen atoms in total. The third-order valence-electron chi connectivity index (χ3n) is 3.78. The molecule has 2 atom stereocenters. The van der Waals surface area contributed by atoms with E-state index in [1.165, 1.54) is 0 Å². The first-order valence-electron chi connectivity index (χ1n) is 7.47. The maximum atomic E-state index is 11.9. The third kappa shape index (κ3) is 7.15. The van der Waals surface area contributed by atoms with E-state index in [0.29, 0.717) is 12.5 Å². The van der Waals surface area contributed by atoms with E-state index in [4.69, 9.17) is 4.74 Å². The molecule has 2 heterocycles. The molecule has 21 heavy (non-hydrogen) atoms. The van der Waals surface area contributed by atoms with Gasteiger partial charge in [-0.25, -0.2) is 0 Å². The second-order valence-corrected chi connectivity index (χ2v) is 6.08. The molecule has 0 radical (unpaired) electrons. The topological polar surface area (TPSA) is 53.6 Å². The zero-order valence-electron chi connectivity index (χ0n) is 13.0. The molecule has 0 bridgehead atoms. The fraction of sp³-hybridized carbons (Fsp3) is 0.929. The molecule has 0 aromatic carbocycles. The molecule has 2 aliphatic heterocycles. The molecule has 0 spiro atoms. The lowest BCUT2D eigenvalue weighted by Crippen LogP contribution is -2.49. The van der Waals surface area contributed by atoms with Gasteiger partial charge in [-0.15, -0.1) is 24.8 Å². The van der Waals surface area contributed by atoms with Crippen molar-refractivity contribution >= 4 is 30.7 Å². The zero-order valence-corrected chi connectivity index (χ0v) is 14.6. The van der Waals surface area contributed by atoms with Crippen molar-refractivity contribution in [1.29, 1.82) is 0 Å². The Balaban J connectivity index is 0.00000200. The summed E-state index contributed by atoms with van der Waals surface area (Å²) >= 11 is 0. The van der Waals surface area contributed by atoms with Crippen LogP contribution in [0.15, 0.2) is 0 Å². The Morgan fingerprint density at radius 2 is 2.19 bits per heavy atom. The molecule has 7 heteroatoms. The van der Waals surface area contributed by atoms with Crippen molar-refractivity contribution in [2.75, 3.05) is 45.9 Å². The van der Waals surface area contributed by atoms with Gasteiger partial charge in [0.25, 0.3) is 0 Å². The highest BCUT2D eigenvalue weighted by molar-refractivity contribution is 5.85. The first-order chi connectivity index (χ1) is 9.15. The minimum atomic E-state index is 0. The molecular formula is C14H29Cl2N3O2. The highest BCUT2D eigenvalue weighted by Gasteiger charge is 2.25. The highest BCUT2D eigenvalue weighted by Crippen LogP contribution is 2.09. The summed E-state index contributed by atoms with van der Waals surface area (Å²) in [5.74, 6) is 1.00. The van der Waals surface area contributed by atoms with Gasteiger partial charge in [0.2, 0.25) is 5.91 Å². The van der Waals surface area contributed by atoms with Gasteiger partial charge in [-0.1, -0.05) is 13.8 Å². The molecule has 2 aliphatic rings. The average Bonchev–Trinajstić information content (AvgIpc) is 2.89. The van der Waals surface area contributed by atoms with Crippen molar-refractivity contribution in [2.45, 2.75) is 26.4 Å². The van der Waals surface area contributed by atoms with E-state index in [0.717, 1.165) is 45.8 Å². The first kappa shape index (κ1) is 20.9. The second kappa shape index (κ2) is 10.6. The highest BCUT2D eigenvalue weighted by atomic mass is 35.5. The summed E-state index contributed by atoms with van der Waals surface area (Å²) in [4.78, 5) is 14.4. The Morgan fingerprint density at radius 3 is 2.81 bits per heavy atom. The molecule has 126 valence electrons. The molecule has 2 fully saturated rings. The van der Waals surface area contributed by atoms with Crippen LogP contribution in [-0.2, 0) is 9.53 Å². The summed E-state index contributed by atoms with van der Waals surface area (Å²) < 4.78 is 5.73. The van der Waals surface area contributed by atoms with Crippen LogP contribution >= 0.6 is 24.8 Å². The second-order valence-electron chi connectivity index (χ2n) is 6.08. The summed E-state index contributed by atoms with van der Waals surface area (Å²) in [5, 5.41) is 6.26. The number of halogens is 2. The number of hydrogen-bond acceptors (Lipinski definition) is 4. The molecule has 1 amide bonds.